The van der Waals surface area contributed by atoms with Gasteiger partial charge in [0.2, 0.25) is 0 Å². The second-order valence-corrected chi connectivity index (χ2v) is 2.49. The van der Waals surface area contributed by atoms with Crippen LogP contribution in [0, 0.1) is 11.8 Å². The van der Waals surface area contributed by atoms with Crippen molar-refractivity contribution in [1.82, 2.24) is 0 Å². The Morgan fingerprint density at radius 3 is 2.17 bits per heavy atom. The van der Waals surface area contributed by atoms with E-state index in [1.165, 1.54) is 0 Å². The van der Waals surface area contributed by atoms with Crippen molar-refractivity contribution in [1.29, 1.82) is 0 Å². The lowest BCUT2D eigenvalue weighted by atomic mass is 10.3. The van der Waals surface area contributed by atoms with E-state index in [1.807, 2.05) is 0 Å². The van der Waals surface area contributed by atoms with Crippen molar-refractivity contribution >= 4 is 11.9 Å². The summed E-state index contributed by atoms with van der Waals surface area (Å²) in [4.78, 5) is 20.7. The maximum absolute atomic E-state index is 12.5. The van der Waals surface area contributed by atoms with Gasteiger partial charge in [-0.15, -0.1) is 0 Å². The molecule has 1 aliphatic carbocycles. The lowest BCUT2D eigenvalue weighted by Gasteiger charge is -1.93. The average molecular weight is 180 g/mol. The van der Waals surface area contributed by atoms with Gasteiger partial charge < -0.3 is 9.84 Å². The molecule has 1 fully saturated rings. The molecule has 1 saturated carbocycles. The van der Waals surface area contributed by atoms with E-state index >= 15 is 0 Å². The molecule has 1 rings (SSSR count). The minimum atomic E-state index is -3.45. The molecular weight excluding hydrogens is 174 g/mol. The molecule has 0 bridgehead atoms. The van der Waals surface area contributed by atoms with Crippen LogP contribution in [0.1, 0.15) is 0 Å². The highest BCUT2D eigenvalue weighted by atomic mass is 19.3. The number of rotatable bonds is 2. The van der Waals surface area contributed by atoms with Gasteiger partial charge in [-0.25, -0.2) is 8.78 Å². The van der Waals surface area contributed by atoms with Crippen LogP contribution in [0.25, 0.3) is 0 Å². The summed E-state index contributed by atoms with van der Waals surface area (Å²) in [7, 11) is 0.940. The fraction of sp³-hybridized carbons (Fsp3) is 0.667. The Morgan fingerprint density at radius 1 is 1.42 bits per heavy atom. The number of alkyl halides is 2. The third kappa shape index (κ3) is 1.03. The Kier molecular flexibility index (Phi) is 1.78. The van der Waals surface area contributed by atoms with Gasteiger partial charge in [0.25, 0.3) is 5.92 Å². The SMILES string of the molecule is COC(=O)[C@H]1[C@H](C(=O)O)C1(F)F. The van der Waals surface area contributed by atoms with Crippen molar-refractivity contribution in [2.45, 2.75) is 5.92 Å². The zero-order valence-corrected chi connectivity index (χ0v) is 6.08. The van der Waals surface area contributed by atoms with E-state index in [4.69, 9.17) is 5.11 Å². The van der Waals surface area contributed by atoms with Crippen molar-refractivity contribution in [3.63, 3.8) is 0 Å². The number of carbonyl (C=O) groups excluding carboxylic acids is 1. The fourth-order valence-electron chi connectivity index (χ4n) is 1.05. The molecule has 0 spiro atoms. The molecular formula is C6H6F2O4. The van der Waals surface area contributed by atoms with E-state index in [0.717, 1.165) is 7.11 Å². The summed E-state index contributed by atoms with van der Waals surface area (Å²) in [5.74, 6) is -10.0. The van der Waals surface area contributed by atoms with Crippen molar-refractivity contribution in [2.24, 2.45) is 11.8 Å². The predicted octanol–water partition coefficient (Wildman–Crippen LogP) is 0.125. The molecule has 4 nitrogen and oxygen atoms in total. The molecule has 0 aromatic heterocycles. The van der Waals surface area contributed by atoms with Gasteiger partial charge in [0.05, 0.1) is 7.11 Å². The number of hydrogen-bond donors (Lipinski definition) is 1. The highest BCUT2D eigenvalue weighted by Gasteiger charge is 2.76. The number of ether oxygens (including phenoxy) is 1. The molecule has 0 aromatic rings. The summed E-state index contributed by atoms with van der Waals surface area (Å²) in [6, 6.07) is 0. The lowest BCUT2D eigenvalue weighted by molar-refractivity contribution is -0.146. The van der Waals surface area contributed by atoms with Gasteiger partial charge in [-0.2, -0.15) is 0 Å². The molecule has 1 N–H and O–H groups in total. The van der Waals surface area contributed by atoms with Crippen LogP contribution in [0.3, 0.4) is 0 Å². The lowest BCUT2D eigenvalue weighted by Crippen LogP contribution is -2.09. The first-order chi connectivity index (χ1) is 5.42. The second kappa shape index (κ2) is 2.40. The van der Waals surface area contributed by atoms with Crippen molar-refractivity contribution < 1.29 is 28.2 Å². The summed E-state index contributed by atoms with van der Waals surface area (Å²) < 4.78 is 28.9. The van der Waals surface area contributed by atoms with Crippen LogP contribution in [0.2, 0.25) is 0 Å². The Labute approximate surface area is 66.1 Å². The van der Waals surface area contributed by atoms with Gasteiger partial charge in [0.1, 0.15) is 11.8 Å². The van der Waals surface area contributed by atoms with Crippen LogP contribution >= 0.6 is 0 Å². The zero-order chi connectivity index (χ0) is 9.52. The Balaban J connectivity index is 2.73. The van der Waals surface area contributed by atoms with Crippen LogP contribution in [0.4, 0.5) is 8.78 Å². The van der Waals surface area contributed by atoms with Gasteiger partial charge >= 0.3 is 11.9 Å². The van der Waals surface area contributed by atoms with Gasteiger partial charge in [0, 0.05) is 0 Å². The number of aliphatic carboxylic acids is 1. The predicted molar refractivity (Wildman–Crippen MR) is 31.6 cm³/mol. The molecule has 0 amide bonds. The first-order valence-electron chi connectivity index (χ1n) is 3.11. The Hall–Kier alpha value is -1.20. The van der Waals surface area contributed by atoms with Gasteiger partial charge in [-0.1, -0.05) is 0 Å². The number of esters is 1. The standard InChI is InChI=1S/C6H6F2O4/c1-12-5(11)3-2(4(9)10)6(3,7)8/h2-3H,1H3,(H,9,10)/t2-,3-/m1/s1. The third-order valence-corrected chi connectivity index (χ3v) is 1.77. The first kappa shape index (κ1) is 8.89. The van der Waals surface area contributed by atoms with E-state index in [0.29, 0.717) is 0 Å². The number of carbonyl (C=O) groups is 2. The maximum atomic E-state index is 12.5. The first-order valence-corrected chi connectivity index (χ1v) is 3.11. The highest BCUT2D eigenvalue weighted by molar-refractivity contribution is 5.89. The van der Waals surface area contributed by atoms with Crippen LogP contribution in [-0.4, -0.2) is 30.1 Å². The Bertz CT molecular complexity index is 238. The smallest absolute Gasteiger partial charge is 0.315 e. The number of hydrogen-bond acceptors (Lipinski definition) is 3. The summed E-state index contributed by atoms with van der Waals surface area (Å²) in [6.45, 7) is 0. The molecule has 0 aromatic carbocycles. The summed E-state index contributed by atoms with van der Waals surface area (Å²) in [5.41, 5.74) is 0. The molecule has 68 valence electrons. The van der Waals surface area contributed by atoms with Crippen molar-refractivity contribution in [2.75, 3.05) is 7.11 Å². The fourth-order valence-corrected chi connectivity index (χ4v) is 1.05. The molecule has 0 heterocycles. The van der Waals surface area contributed by atoms with Gasteiger partial charge in [-0.3, -0.25) is 9.59 Å². The second-order valence-electron chi connectivity index (χ2n) is 2.49. The normalized spacial score (nSPS) is 30.9. The summed E-state index contributed by atoms with van der Waals surface area (Å²) in [5, 5.41) is 8.22. The van der Waals surface area contributed by atoms with E-state index in [2.05, 4.69) is 4.74 Å². The summed E-state index contributed by atoms with van der Waals surface area (Å²) in [6.07, 6.45) is 0. The zero-order valence-electron chi connectivity index (χ0n) is 6.08. The van der Waals surface area contributed by atoms with E-state index in [1.54, 1.807) is 0 Å². The molecule has 2 atom stereocenters. The Morgan fingerprint density at radius 2 is 1.92 bits per heavy atom. The molecule has 0 unspecified atom stereocenters. The van der Waals surface area contributed by atoms with E-state index in [9.17, 15) is 18.4 Å². The van der Waals surface area contributed by atoms with Crippen molar-refractivity contribution in [3.05, 3.63) is 0 Å². The molecule has 6 heteroatoms. The van der Waals surface area contributed by atoms with Gasteiger partial charge in [-0.05, 0) is 0 Å². The van der Waals surface area contributed by atoms with E-state index in [-0.39, 0.29) is 0 Å². The minimum Gasteiger partial charge on any atom is -0.481 e. The highest BCUT2D eigenvalue weighted by Crippen LogP contribution is 2.55. The quantitative estimate of drug-likeness (QED) is 0.613. The molecule has 12 heavy (non-hydrogen) atoms. The van der Waals surface area contributed by atoms with Gasteiger partial charge in [0.15, 0.2) is 0 Å². The maximum Gasteiger partial charge on any atom is 0.315 e. The number of carboxylic acids is 1. The number of carboxylic acid groups (broad SMARTS) is 1. The van der Waals surface area contributed by atoms with E-state index < -0.39 is 29.7 Å². The van der Waals surface area contributed by atoms with Crippen LogP contribution in [0.5, 0.6) is 0 Å². The molecule has 0 aliphatic heterocycles. The largest absolute Gasteiger partial charge is 0.481 e. The minimum absolute atomic E-state index is 0.940. The van der Waals surface area contributed by atoms with Crippen LogP contribution in [-0.2, 0) is 14.3 Å². The molecule has 0 saturated heterocycles. The average Bonchev–Trinajstić information content (AvgIpc) is 2.52. The molecule has 0 radical (unpaired) electrons. The third-order valence-electron chi connectivity index (χ3n) is 1.77. The summed E-state index contributed by atoms with van der Waals surface area (Å²) >= 11 is 0. The monoisotopic (exact) mass is 180 g/mol. The topological polar surface area (TPSA) is 63.6 Å². The number of halogens is 2. The van der Waals surface area contributed by atoms with Crippen molar-refractivity contribution in [3.8, 4) is 0 Å². The number of methoxy groups -OCH3 is 1. The molecule has 1 aliphatic rings. The van der Waals surface area contributed by atoms with Crippen LogP contribution in [0.15, 0.2) is 0 Å². The van der Waals surface area contributed by atoms with Crippen LogP contribution < -0.4 is 0 Å².